The molecule has 2 heterocycles. The Morgan fingerprint density at radius 3 is 2.31 bits per heavy atom. The first-order valence-corrected chi connectivity index (χ1v) is 12.9. The van der Waals surface area contributed by atoms with Gasteiger partial charge in [-0.1, -0.05) is 12.1 Å². The molecule has 0 aliphatic carbocycles. The van der Waals surface area contributed by atoms with Crippen molar-refractivity contribution in [3.05, 3.63) is 76.5 Å². The van der Waals surface area contributed by atoms with Crippen molar-refractivity contribution in [3.63, 3.8) is 0 Å². The summed E-state index contributed by atoms with van der Waals surface area (Å²) in [5.41, 5.74) is 0.442. The maximum atomic E-state index is 13.0. The molecular formula is C30H29NO11. The van der Waals surface area contributed by atoms with E-state index in [1.54, 1.807) is 48.5 Å². The molecule has 5 unspecified atom stereocenters. The number of carbonyl (C=O) groups excluding carboxylic acids is 1. The van der Waals surface area contributed by atoms with E-state index in [2.05, 4.69) is 5.32 Å². The zero-order valence-corrected chi connectivity index (χ0v) is 22.8. The Kier molecular flexibility index (Phi) is 8.05. The van der Waals surface area contributed by atoms with Crippen LogP contribution in [0.4, 0.5) is 5.69 Å². The van der Waals surface area contributed by atoms with E-state index in [1.807, 2.05) is 0 Å². The summed E-state index contributed by atoms with van der Waals surface area (Å²) in [5, 5.41) is 45.0. The van der Waals surface area contributed by atoms with Crippen molar-refractivity contribution >= 4 is 22.6 Å². The number of aliphatic hydroxyl groups is 3. The lowest BCUT2D eigenvalue weighted by Crippen LogP contribution is -2.62. The summed E-state index contributed by atoms with van der Waals surface area (Å²) in [7, 11) is 2.95. The predicted octanol–water partition coefficient (Wildman–Crippen LogP) is 2.32. The van der Waals surface area contributed by atoms with Crippen LogP contribution in [0.2, 0.25) is 0 Å². The zero-order valence-electron chi connectivity index (χ0n) is 22.8. The van der Waals surface area contributed by atoms with Crippen LogP contribution in [-0.4, -0.2) is 71.3 Å². The first kappa shape index (κ1) is 28.9. The fourth-order valence-corrected chi connectivity index (χ4v) is 4.64. The highest BCUT2D eigenvalue weighted by molar-refractivity contribution is 5.96. The summed E-state index contributed by atoms with van der Waals surface area (Å²) in [4.78, 5) is 26.0. The summed E-state index contributed by atoms with van der Waals surface area (Å²) in [6.45, 7) is 1.47. The van der Waals surface area contributed by atoms with Crippen molar-refractivity contribution in [3.8, 4) is 34.3 Å². The highest BCUT2D eigenvalue weighted by atomic mass is 16.7. The summed E-state index contributed by atoms with van der Waals surface area (Å²) in [6, 6.07) is 15.9. The number of phenolic OH excluding ortho intramolecular Hbond substituents is 1. The van der Waals surface area contributed by atoms with Crippen molar-refractivity contribution in [2.75, 3.05) is 19.5 Å². The second-order valence-corrected chi connectivity index (χ2v) is 9.63. The Hall–Kier alpha value is -4.62. The number of rotatable bonds is 7. The molecule has 5 N–H and O–H groups in total. The minimum Gasteiger partial charge on any atom is -0.507 e. The molecule has 0 spiro atoms. The lowest BCUT2D eigenvalue weighted by atomic mass is 9.98. The summed E-state index contributed by atoms with van der Waals surface area (Å²) >= 11 is 0. The Balaban J connectivity index is 1.45. The lowest BCUT2D eigenvalue weighted by molar-refractivity contribution is -0.265. The van der Waals surface area contributed by atoms with Crippen LogP contribution in [0, 0.1) is 6.92 Å². The van der Waals surface area contributed by atoms with Crippen molar-refractivity contribution < 1.29 is 48.6 Å². The van der Waals surface area contributed by atoms with Crippen molar-refractivity contribution in [1.82, 2.24) is 0 Å². The molecule has 4 aromatic rings. The van der Waals surface area contributed by atoms with Crippen molar-refractivity contribution in [1.29, 1.82) is 0 Å². The molecule has 0 saturated carbocycles. The Morgan fingerprint density at radius 2 is 1.62 bits per heavy atom. The predicted molar refractivity (Wildman–Crippen MR) is 150 cm³/mol. The first-order valence-electron chi connectivity index (χ1n) is 12.9. The maximum Gasteiger partial charge on any atom is 0.256 e. The minimum atomic E-state index is -1.83. The van der Waals surface area contributed by atoms with E-state index in [4.69, 9.17) is 23.4 Å². The molecule has 12 heteroatoms. The van der Waals surface area contributed by atoms with Gasteiger partial charge in [-0.2, -0.15) is 0 Å². The van der Waals surface area contributed by atoms with Gasteiger partial charge in [0.2, 0.25) is 6.29 Å². The number of nitrogens with one attached hydrogen (secondary N) is 1. The van der Waals surface area contributed by atoms with Gasteiger partial charge in [0.1, 0.15) is 58.0 Å². The number of carbonyl (C=O) groups is 1. The second-order valence-electron chi connectivity index (χ2n) is 9.63. The van der Waals surface area contributed by atoms with Crippen LogP contribution in [0.3, 0.4) is 0 Å². The number of para-hydroxylation sites is 2. The van der Waals surface area contributed by atoms with Crippen LogP contribution in [0.15, 0.2) is 69.9 Å². The molecule has 12 nitrogen and oxygen atoms in total. The molecule has 1 aliphatic heterocycles. The highest BCUT2D eigenvalue weighted by Crippen LogP contribution is 2.37. The number of anilines is 1. The number of ether oxygens (including phenoxy) is 4. The number of amides is 1. The maximum absolute atomic E-state index is 13.0. The van der Waals surface area contributed by atoms with Crippen LogP contribution >= 0.6 is 0 Å². The molecule has 220 valence electrons. The number of methoxy groups -OCH3 is 2. The molecule has 1 fully saturated rings. The number of fused-ring (bicyclic) bond motifs is 1. The number of aliphatic hydroxyl groups excluding tert-OH is 3. The van der Waals surface area contributed by atoms with Crippen LogP contribution in [-0.2, 0) is 9.53 Å². The van der Waals surface area contributed by atoms with Gasteiger partial charge in [0, 0.05) is 23.3 Å². The number of benzene rings is 3. The molecule has 1 amide bonds. The molecule has 1 saturated heterocycles. The Labute approximate surface area is 239 Å². The van der Waals surface area contributed by atoms with Crippen LogP contribution < -0.4 is 25.0 Å². The topological polar surface area (TPSA) is 177 Å². The molecule has 42 heavy (non-hydrogen) atoms. The molecule has 5 atom stereocenters. The van der Waals surface area contributed by atoms with E-state index in [9.17, 15) is 30.0 Å². The largest absolute Gasteiger partial charge is 0.507 e. The minimum absolute atomic E-state index is 0.0252. The molecule has 1 aromatic heterocycles. The average Bonchev–Trinajstić information content (AvgIpc) is 2.99. The van der Waals surface area contributed by atoms with Crippen LogP contribution in [0.25, 0.3) is 22.3 Å². The Morgan fingerprint density at radius 1 is 0.905 bits per heavy atom. The zero-order chi connectivity index (χ0) is 30.1. The monoisotopic (exact) mass is 579 g/mol. The number of hydrogen-bond acceptors (Lipinski definition) is 11. The van der Waals surface area contributed by atoms with Crippen LogP contribution in [0.1, 0.15) is 5.56 Å². The van der Waals surface area contributed by atoms with E-state index in [0.29, 0.717) is 17.1 Å². The van der Waals surface area contributed by atoms with E-state index in [-0.39, 0.29) is 33.7 Å². The lowest BCUT2D eigenvalue weighted by Gasteiger charge is -2.39. The molecule has 5 rings (SSSR count). The van der Waals surface area contributed by atoms with Gasteiger partial charge in [-0.05, 0) is 43.3 Å². The van der Waals surface area contributed by atoms with Crippen LogP contribution in [0.5, 0.6) is 23.0 Å². The third kappa shape index (κ3) is 5.35. The van der Waals surface area contributed by atoms with E-state index >= 15 is 0 Å². The third-order valence-corrected chi connectivity index (χ3v) is 7.01. The summed E-state index contributed by atoms with van der Waals surface area (Å²) in [5.74, 6) is -0.147. The Bertz CT molecular complexity index is 1670. The second kappa shape index (κ2) is 11.7. The molecular weight excluding hydrogens is 550 g/mol. The van der Waals surface area contributed by atoms with E-state index < -0.39 is 47.8 Å². The van der Waals surface area contributed by atoms with Gasteiger partial charge in [0.25, 0.3) is 5.91 Å². The van der Waals surface area contributed by atoms with E-state index in [1.165, 1.54) is 33.3 Å². The first-order chi connectivity index (χ1) is 20.1. The standard InChI is InChI=1S/C30H29NO11/c1-14-20(13-22-23(24(14)33)18(32)12-21(40-22)15-8-10-16(38-2)11-9-15)41-30-27(36)25(34)26(35)28(42-30)29(37)31-17-6-4-5-7-19(17)39-3/h4-13,25-28,30,33-36H,1-3H3,(H,31,37). The molecule has 0 radical (unpaired) electrons. The van der Waals surface area contributed by atoms with Crippen molar-refractivity contribution in [2.24, 2.45) is 0 Å². The van der Waals surface area contributed by atoms with Gasteiger partial charge in [0.05, 0.1) is 19.9 Å². The average molecular weight is 580 g/mol. The van der Waals surface area contributed by atoms with Crippen molar-refractivity contribution in [2.45, 2.75) is 37.6 Å². The smallest absolute Gasteiger partial charge is 0.256 e. The highest BCUT2D eigenvalue weighted by Gasteiger charge is 2.48. The van der Waals surface area contributed by atoms with E-state index in [0.717, 1.165) is 0 Å². The molecule has 0 bridgehead atoms. The normalized spacial score (nSPS) is 22.0. The molecule has 3 aromatic carbocycles. The van der Waals surface area contributed by atoms with Gasteiger partial charge in [0.15, 0.2) is 11.5 Å². The summed E-state index contributed by atoms with van der Waals surface area (Å²) in [6.07, 6.45) is -8.74. The van der Waals surface area contributed by atoms with Gasteiger partial charge >= 0.3 is 0 Å². The quantitative estimate of drug-likeness (QED) is 0.217. The fourth-order valence-electron chi connectivity index (χ4n) is 4.64. The fraction of sp³-hybridized carbons (Fsp3) is 0.267. The van der Waals surface area contributed by atoms with Gasteiger partial charge < -0.3 is 49.1 Å². The SMILES string of the molecule is COc1ccc(-c2cc(=O)c3c(O)c(C)c(OC4OC(C(=O)Nc5ccccc5OC)C(O)C(O)C4O)cc3o2)cc1. The number of phenols is 1. The summed E-state index contributed by atoms with van der Waals surface area (Å²) < 4.78 is 27.7. The molecule has 1 aliphatic rings. The van der Waals surface area contributed by atoms with Gasteiger partial charge in [-0.15, -0.1) is 0 Å². The van der Waals surface area contributed by atoms with Gasteiger partial charge in [-0.3, -0.25) is 9.59 Å². The third-order valence-electron chi connectivity index (χ3n) is 7.01. The number of aromatic hydroxyl groups is 1. The number of hydrogen-bond donors (Lipinski definition) is 5. The van der Waals surface area contributed by atoms with Gasteiger partial charge in [-0.25, -0.2) is 0 Å².